The molecule has 1 aromatic rings. The minimum atomic E-state index is 0.00842. The zero-order valence-electron chi connectivity index (χ0n) is 9.74. The molecule has 0 radical (unpaired) electrons. The quantitative estimate of drug-likeness (QED) is 0.475. The van der Waals surface area contributed by atoms with Crippen LogP contribution in [-0.2, 0) is 11.2 Å². The number of amidine groups is 1. The second-order valence-corrected chi connectivity index (χ2v) is 3.81. The fraction of sp³-hybridized carbons (Fsp3) is 0.333. The third-order valence-corrected chi connectivity index (χ3v) is 2.57. The van der Waals surface area contributed by atoms with E-state index >= 15 is 0 Å². The van der Waals surface area contributed by atoms with Gasteiger partial charge in [-0.15, -0.1) is 11.6 Å². The molecule has 0 fully saturated rings. The Labute approximate surface area is 106 Å². The first-order chi connectivity index (χ1) is 8.17. The van der Waals surface area contributed by atoms with Crippen LogP contribution in [0.1, 0.15) is 12.0 Å². The maximum atomic E-state index is 11.2. The molecule has 1 amide bonds. The summed E-state index contributed by atoms with van der Waals surface area (Å²) in [6.07, 6.45) is 1.07. The number of halogens is 1. The number of nitrogens with two attached hydrogens (primary N) is 1. The van der Waals surface area contributed by atoms with Crippen LogP contribution in [-0.4, -0.2) is 24.7 Å². The lowest BCUT2D eigenvalue weighted by atomic mass is 10.1. The second kappa shape index (κ2) is 6.91. The fourth-order valence-electron chi connectivity index (χ4n) is 1.39. The number of rotatable bonds is 5. The normalized spacial score (nSPS) is 11.3. The lowest BCUT2D eigenvalue weighted by Crippen LogP contribution is -2.18. The molecule has 0 bridgehead atoms. The van der Waals surface area contributed by atoms with E-state index in [0.717, 1.165) is 11.3 Å². The number of para-hydroxylation sites is 1. The molecule has 0 saturated carbocycles. The molecule has 4 nitrogen and oxygen atoms in total. The first kappa shape index (κ1) is 13.5. The maximum absolute atomic E-state index is 11.2. The van der Waals surface area contributed by atoms with Crippen LogP contribution >= 0.6 is 11.6 Å². The minimum Gasteiger partial charge on any atom is -0.386 e. The molecule has 0 atom stereocenters. The predicted octanol–water partition coefficient (Wildman–Crippen LogP) is 1.59. The zero-order valence-corrected chi connectivity index (χ0v) is 10.5. The number of benzene rings is 1. The summed E-state index contributed by atoms with van der Waals surface area (Å²) in [6.45, 7) is 0. The summed E-state index contributed by atoms with van der Waals surface area (Å²) >= 11 is 5.58. The first-order valence-corrected chi connectivity index (χ1v) is 5.88. The van der Waals surface area contributed by atoms with Gasteiger partial charge in [0.25, 0.3) is 0 Å². The van der Waals surface area contributed by atoms with E-state index in [0.29, 0.717) is 18.7 Å². The number of alkyl halides is 1. The van der Waals surface area contributed by atoms with Crippen LogP contribution in [0.25, 0.3) is 0 Å². The lowest BCUT2D eigenvalue weighted by molar-refractivity contribution is -0.120. The second-order valence-electron chi connectivity index (χ2n) is 3.54. The predicted molar refractivity (Wildman–Crippen MR) is 70.8 cm³/mol. The van der Waals surface area contributed by atoms with Gasteiger partial charge in [0.1, 0.15) is 5.84 Å². The van der Waals surface area contributed by atoms with Gasteiger partial charge in [-0.3, -0.25) is 4.79 Å². The van der Waals surface area contributed by atoms with Gasteiger partial charge in [0.15, 0.2) is 0 Å². The van der Waals surface area contributed by atoms with Gasteiger partial charge in [0.05, 0.1) is 11.6 Å². The van der Waals surface area contributed by atoms with E-state index in [2.05, 4.69) is 10.3 Å². The molecule has 5 heteroatoms. The molecule has 0 unspecified atom stereocenters. The third-order valence-electron chi connectivity index (χ3n) is 2.29. The van der Waals surface area contributed by atoms with Crippen LogP contribution in [0.15, 0.2) is 29.3 Å². The summed E-state index contributed by atoms with van der Waals surface area (Å²) in [5.74, 6) is 0.581. The Morgan fingerprint density at radius 2 is 2.18 bits per heavy atom. The van der Waals surface area contributed by atoms with Crippen LogP contribution < -0.4 is 11.1 Å². The van der Waals surface area contributed by atoms with Crippen molar-refractivity contribution in [3.63, 3.8) is 0 Å². The molecule has 0 aliphatic rings. The summed E-state index contributed by atoms with van der Waals surface area (Å²) < 4.78 is 0. The topological polar surface area (TPSA) is 67.5 Å². The highest BCUT2D eigenvalue weighted by Gasteiger charge is 2.04. The van der Waals surface area contributed by atoms with Gasteiger partial charge in [-0.1, -0.05) is 18.2 Å². The summed E-state index contributed by atoms with van der Waals surface area (Å²) in [5, 5.41) is 2.59. The van der Waals surface area contributed by atoms with E-state index < -0.39 is 0 Å². The Balaban J connectivity index is 2.81. The van der Waals surface area contributed by atoms with Crippen LogP contribution in [0.4, 0.5) is 5.69 Å². The zero-order chi connectivity index (χ0) is 12.7. The van der Waals surface area contributed by atoms with Gasteiger partial charge in [-0.25, -0.2) is 4.99 Å². The number of carbonyl (C=O) groups excluding carboxylic acids is 1. The first-order valence-electron chi connectivity index (χ1n) is 5.35. The van der Waals surface area contributed by atoms with Gasteiger partial charge in [-0.2, -0.15) is 0 Å². The van der Waals surface area contributed by atoms with Crippen LogP contribution in [0.3, 0.4) is 0 Å². The Bertz CT molecular complexity index is 418. The molecular formula is C12H16ClN3O. The number of aliphatic imine (C=N–C) groups is 1. The van der Waals surface area contributed by atoms with Crippen molar-refractivity contribution in [1.29, 1.82) is 0 Å². The molecule has 0 heterocycles. The van der Waals surface area contributed by atoms with Crippen molar-refractivity contribution in [2.45, 2.75) is 12.8 Å². The lowest BCUT2D eigenvalue weighted by Gasteiger charge is -2.05. The molecule has 17 heavy (non-hydrogen) atoms. The largest absolute Gasteiger partial charge is 0.386 e. The summed E-state index contributed by atoms with van der Waals surface area (Å²) in [6, 6.07) is 7.58. The van der Waals surface area contributed by atoms with Crippen molar-refractivity contribution < 1.29 is 4.79 Å². The molecule has 1 rings (SSSR count). The smallest absolute Gasteiger partial charge is 0.220 e. The molecule has 0 saturated heterocycles. The monoisotopic (exact) mass is 253 g/mol. The molecule has 1 aromatic carbocycles. The molecule has 0 aliphatic carbocycles. The van der Waals surface area contributed by atoms with Crippen molar-refractivity contribution in [3.8, 4) is 0 Å². The standard InChI is InChI=1S/C12H16ClN3O/c1-15-12(17)7-6-9-4-2-3-5-10(9)16-11(14)8-13/h2-5H,6-8H2,1H3,(H2,14,16)(H,15,17). The highest BCUT2D eigenvalue weighted by Crippen LogP contribution is 2.20. The van der Waals surface area contributed by atoms with E-state index in [1.807, 2.05) is 24.3 Å². The van der Waals surface area contributed by atoms with E-state index in [-0.39, 0.29) is 11.8 Å². The van der Waals surface area contributed by atoms with Crippen LogP contribution in [0.2, 0.25) is 0 Å². The Hall–Kier alpha value is -1.55. The average Bonchev–Trinajstić information content (AvgIpc) is 2.37. The number of hydrogen-bond donors (Lipinski definition) is 2. The maximum Gasteiger partial charge on any atom is 0.220 e. The highest BCUT2D eigenvalue weighted by atomic mass is 35.5. The highest BCUT2D eigenvalue weighted by molar-refractivity contribution is 6.28. The average molecular weight is 254 g/mol. The fourth-order valence-corrected chi connectivity index (χ4v) is 1.45. The van der Waals surface area contributed by atoms with Crippen molar-refractivity contribution in [3.05, 3.63) is 29.8 Å². The van der Waals surface area contributed by atoms with Crippen LogP contribution in [0, 0.1) is 0 Å². The number of aryl methyl sites for hydroxylation is 1. The summed E-state index contributed by atoms with van der Waals surface area (Å²) in [5.41, 5.74) is 7.36. The minimum absolute atomic E-state index is 0.00842. The van der Waals surface area contributed by atoms with Gasteiger partial charge < -0.3 is 11.1 Å². The Kier molecular flexibility index (Phi) is 5.49. The number of nitrogens with one attached hydrogen (secondary N) is 1. The summed E-state index contributed by atoms with van der Waals surface area (Å²) in [4.78, 5) is 15.4. The Morgan fingerprint density at radius 3 is 2.82 bits per heavy atom. The number of hydrogen-bond acceptors (Lipinski definition) is 2. The van der Waals surface area contributed by atoms with Crippen molar-refractivity contribution >= 4 is 29.0 Å². The van der Waals surface area contributed by atoms with Gasteiger partial charge in [0.2, 0.25) is 5.91 Å². The Morgan fingerprint density at radius 1 is 1.47 bits per heavy atom. The van der Waals surface area contributed by atoms with Gasteiger partial charge >= 0.3 is 0 Å². The van der Waals surface area contributed by atoms with E-state index in [1.54, 1.807) is 7.05 Å². The third kappa shape index (κ3) is 4.44. The number of carbonyl (C=O) groups is 1. The number of nitrogens with zero attached hydrogens (tertiary/aromatic N) is 1. The van der Waals surface area contributed by atoms with Gasteiger partial charge in [0, 0.05) is 13.5 Å². The molecule has 0 aromatic heterocycles. The van der Waals surface area contributed by atoms with Crippen molar-refractivity contribution in [2.75, 3.05) is 12.9 Å². The summed E-state index contributed by atoms with van der Waals surface area (Å²) in [7, 11) is 1.62. The number of amides is 1. The van der Waals surface area contributed by atoms with Crippen molar-refractivity contribution in [2.24, 2.45) is 10.7 Å². The molecule has 92 valence electrons. The van der Waals surface area contributed by atoms with E-state index in [9.17, 15) is 4.79 Å². The molecule has 0 spiro atoms. The SMILES string of the molecule is CNC(=O)CCc1ccccc1N=C(N)CCl. The molecular weight excluding hydrogens is 238 g/mol. The van der Waals surface area contributed by atoms with Gasteiger partial charge in [-0.05, 0) is 18.1 Å². The van der Waals surface area contributed by atoms with Crippen molar-refractivity contribution in [1.82, 2.24) is 5.32 Å². The van der Waals surface area contributed by atoms with E-state index in [4.69, 9.17) is 17.3 Å². The molecule has 0 aliphatic heterocycles. The molecule has 3 N–H and O–H groups in total. The van der Waals surface area contributed by atoms with Crippen LogP contribution in [0.5, 0.6) is 0 Å². The van der Waals surface area contributed by atoms with E-state index in [1.165, 1.54) is 0 Å².